The summed E-state index contributed by atoms with van der Waals surface area (Å²) in [6.07, 6.45) is 22.6. The van der Waals surface area contributed by atoms with Gasteiger partial charge in [-0.05, 0) is 113 Å². The summed E-state index contributed by atoms with van der Waals surface area (Å²) in [5.41, 5.74) is 12.8. The van der Waals surface area contributed by atoms with Crippen LogP contribution in [-0.2, 0) is 21.1 Å². The maximum absolute atomic E-state index is 5.94. The van der Waals surface area contributed by atoms with E-state index in [2.05, 4.69) is 184 Å². The third kappa shape index (κ3) is 6.36. The minimum Gasteiger partial charge on any atom is -0.653 e. The zero-order chi connectivity index (χ0) is 49.6. The van der Waals surface area contributed by atoms with Crippen molar-refractivity contribution in [2.24, 2.45) is 0 Å². The summed E-state index contributed by atoms with van der Waals surface area (Å²) in [5, 5.41) is 12.5. The molecule has 1 aliphatic carbocycles. The van der Waals surface area contributed by atoms with Gasteiger partial charge in [-0.25, -0.2) is 29.9 Å². The van der Waals surface area contributed by atoms with Gasteiger partial charge in [-0.3, -0.25) is 0 Å². The van der Waals surface area contributed by atoms with Crippen LogP contribution in [0.1, 0.15) is 0 Å². The number of fused-ring (bicyclic) bond motifs is 4. The monoisotopic (exact) mass is 1170 g/mol. The minimum atomic E-state index is 0. The number of rotatable bonds is 4. The van der Waals surface area contributed by atoms with E-state index in [4.69, 9.17) is 19.9 Å². The molecule has 8 aromatic carbocycles. The maximum atomic E-state index is 5.94. The topological polar surface area (TPSA) is 125 Å². The number of aromatic nitrogens is 12. The number of hydrogen-bond donors (Lipinski definition) is 0. The Morgan fingerprint density at radius 2 is 0.506 bits per heavy atom. The first-order valence-electron chi connectivity index (χ1n) is 25.1. The molecule has 0 fully saturated rings. The molecule has 0 N–H and O–H groups in total. The molecule has 0 saturated carbocycles. The smallest absolute Gasteiger partial charge is 0.653 e. The summed E-state index contributed by atoms with van der Waals surface area (Å²) >= 11 is 0. The van der Waals surface area contributed by atoms with Crippen LogP contribution in [0, 0.1) is 0 Å². The van der Waals surface area contributed by atoms with Crippen molar-refractivity contribution in [3.05, 3.63) is 220 Å². The SMILES string of the molecule is [Pt+2].c1ccc2cc3c(cc2c1)-c1nc-3c(-n2ccnc2)c2[n-]c(c(-n3ccnc3)c3nc(c(-n4ccnc4)c4[n-]c(c1-n1ccnc1)c1cc5ccccc5cc41)-c1cc4ccccc4cc1-3)c1cc3ccccc3cc21. The molecule has 17 rings (SSSR count). The molecule has 0 atom stereocenters. The van der Waals surface area contributed by atoms with Crippen LogP contribution in [0.4, 0.5) is 0 Å². The van der Waals surface area contributed by atoms with Crippen LogP contribution >= 0.6 is 0 Å². The molecule has 13 heteroatoms. The molecule has 14 aromatic rings. The summed E-state index contributed by atoms with van der Waals surface area (Å²) in [5.74, 6) is 0. The van der Waals surface area contributed by atoms with E-state index in [0.717, 1.165) is 154 Å². The first-order chi connectivity index (χ1) is 37.7. The summed E-state index contributed by atoms with van der Waals surface area (Å²) in [7, 11) is 0. The molecule has 12 nitrogen and oxygen atoms in total. The summed E-state index contributed by atoms with van der Waals surface area (Å²) in [6.45, 7) is 0. The van der Waals surface area contributed by atoms with Crippen LogP contribution in [-0.4, -0.2) is 48.2 Å². The second-order valence-electron chi connectivity index (χ2n) is 19.5. The van der Waals surface area contributed by atoms with E-state index >= 15 is 0 Å². The van der Waals surface area contributed by atoms with Gasteiger partial charge in [-0.1, -0.05) is 97.1 Å². The van der Waals surface area contributed by atoms with E-state index in [1.54, 1.807) is 0 Å². The third-order valence-corrected chi connectivity index (χ3v) is 15.3. The van der Waals surface area contributed by atoms with Crippen molar-refractivity contribution in [2.45, 2.75) is 0 Å². The van der Waals surface area contributed by atoms with Crippen molar-refractivity contribution >= 4 is 86.7 Å². The van der Waals surface area contributed by atoms with E-state index in [9.17, 15) is 0 Å². The molecule has 77 heavy (non-hydrogen) atoms. The molecule has 8 heterocycles. The van der Waals surface area contributed by atoms with Gasteiger partial charge in [0.25, 0.3) is 0 Å². The van der Waals surface area contributed by atoms with Gasteiger partial charge in [0, 0.05) is 71.8 Å². The molecule has 0 radical (unpaired) electrons. The number of nitrogens with zero attached hydrogens (tertiary/aromatic N) is 12. The minimum absolute atomic E-state index is 0. The van der Waals surface area contributed by atoms with Crippen molar-refractivity contribution < 1.29 is 21.1 Å². The largest absolute Gasteiger partial charge is 2.00 e. The Bertz CT molecular complexity index is 4480. The first kappa shape index (κ1) is 43.4. The van der Waals surface area contributed by atoms with E-state index in [-0.39, 0.29) is 21.1 Å². The molecule has 0 spiro atoms. The van der Waals surface area contributed by atoms with Crippen LogP contribution < -0.4 is 9.97 Å². The van der Waals surface area contributed by atoms with Crippen LogP contribution in [0.3, 0.4) is 0 Å². The third-order valence-electron chi connectivity index (χ3n) is 15.3. The van der Waals surface area contributed by atoms with Gasteiger partial charge in [0.15, 0.2) is 0 Å². The van der Waals surface area contributed by atoms with Crippen LogP contribution in [0.15, 0.2) is 220 Å². The Hall–Kier alpha value is -10.0. The molecule has 6 aromatic heterocycles. The second kappa shape index (κ2) is 16.5. The molecule has 8 bridgehead atoms. The molecular formula is C64H36N12Pt. The molecule has 0 unspecified atom stereocenters. The zero-order valence-electron chi connectivity index (χ0n) is 40.5. The van der Waals surface area contributed by atoms with Crippen molar-refractivity contribution in [1.82, 2.24) is 58.1 Å². The van der Waals surface area contributed by atoms with E-state index < -0.39 is 0 Å². The Morgan fingerprint density at radius 3 is 0.714 bits per heavy atom. The number of benzene rings is 8. The molecule has 0 amide bonds. The quantitative estimate of drug-likeness (QED) is 0.171. The van der Waals surface area contributed by atoms with Crippen molar-refractivity contribution in [3.63, 3.8) is 0 Å². The van der Waals surface area contributed by atoms with Crippen LogP contribution in [0.25, 0.3) is 154 Å². The van der Waals surface area contributed by atoms with Crippen LogP contribution in [0.2, 0.25) is 0 Å². The van der Waals surface area contributed by atoms with Gasteiger partial charge < -0.3 is 28.2 Å². The van der Waals surface area contributed by atoms with Crippen LogP contribution in [0.5, 0.6) is 0 Å². The second-order valence-corrected chi connectivity index (χ2v) is 19.5. The van der Waals surface area contributed by atoms with Gasteiger partial charge in [0.05, 0.1) is 70.8 Å². The molecule has 3 aliphatic rings. The Kier molecular flexibility index (Phi) is 9.29. The van der Waals surface area contributed by atoms with Crippen molar-refractivity contribution in [2.75, 3.05) is 0 Å². The van der Waals surface area contributed by atoms with Gasteiger partial charge in [-0.2, -0.15) is 0 Å². The fourth-order valence-electron chi connectivity index (χ4n) is 11.9. The van der Waals surface area contributed by atoms with E-state index in [0.29, 0.717) is 0 Å². The fraction of sp³-hybridized carbons (Fsp3) is 0. The number of imidazole rings is 4. The predicted molar refractivity (Wildman–Crippen MR) is 301 cm³/mol. The average molecular weight is 1170 g/mol. The summed E-state index contributed by atoms with van der Waals surface area (Å²) in [6, 6.07) is 52.1. The number of hydrogen-bond acceptors (Lipinski definition) is 6. The van der Waals surface area contributed by atoms with Crippen molar-refractivity contribution in [3.8, 4) is 67.8 Å². The molecule has 362 valence electrons. The van der Waals surface area contributed by atoms with E-state index in [1.807, 2.05) is 74.9 Å². The normalized spacial score (nSPS) is 12.1. The Morgan fingerprint density at radius 1 is 0.286 bits per heavy atom. The van der Waals surface area contributed by atoms with Gasteiger partial charge in [-0.15, -0.1) is 22.1 Å². The maximum Gasteiger partial charge on any atom is 2.00 e. The van der Waals surface area contributed by atoms with Gasteiger partial charge in [0.2, 0.25) is 0 Å². The predicted octanol–water partition coefficient (Wildman–Crippen LogP) is 13.9. The summed E-state index contributed by atoms with van der Waals surface area (Å²) < 4.78 is 8.24. The van der Waals surface area contributed by atoms with Gasteiger partial charge in [0.1, 0.15) is 0 Å². The zero-order valence-corrected chi connectivity index (χ0v) is 42.7. The van der Waals surface area contributed by atoms with Gasteiger partial charge >= 0.3 is 21.1 Å². The van der Waals surface area contributed by atoms with E-state index in [1.165, 1.54) is 0 Å². The molecule has 0 saturated heterocycles. The fourth-order valence-corrected chi connectivity index (χ4v) is 11.9. The standard InChI is InChI=1S/C64H36N12.Pt/c1-2-10-38-26-46-45(25-37(38)9-1)53-61(73-21-17-65-33-73)55-47-27-39-11-3-4-12-40(39)28-48(47)57(70-55)63(75-23-19-67-35-75)59-51-31-43-15-7-8-16-44(43)32-52(51)60(72-59)64(76-24-20-68-36-76)58-50-30-42-14-6-5-13-41(42)29-49(50)56(71-58)62(54(46)69-53)74-22-18-66-34-74;/h1-36H;/q-2;+2. The first-order valence-corrected chi connectivity index (χ1v) is 25.1. The Labute approximate surface area is 451 Å². The van der Waals surface area contributed by atoms with Crippen molar-refractivity contribution in [1.29, 1.82) is 0 Å². The average Bonchev–Trinajstić information content (AvgIpc) is 4.39. The molecular weight excluding hydrogens is 1130 g/mol. The Balaban J connectivity index is 0.00000498. The molecule has 2 aliphatic heterocycles. The summed E-state index contributed by atoms with van der Waals surface area (Å²) in [4.78, 5) is 42.5.